The topological polar surface area (TPSA) is 34.0 Å². The Bertz CT molecular complexity index is 1100. The van der Waals surface area contributed by atoms with Gasteiger partial charge in [-0.1, -0.05) is 38.2 Å². The molecule has 29 heavy (non-hydrogen) atoms. The van der Waals surface area contributed by atoms with Crippen LogP contribution in [-0.2, 0) is 0 Å². The van der Waals surface area contributed by atoms with Crippen LogP contribution in [0.4, 0.5) is 5.82 Å². The number of aromatic nitrogens is 3. The van der Waals surface area contributed by atoms with Gasteiger partial charge in [0.05, 0.1) is 5.69 Å². The zero-order valence-corrected chi connectivity index (χ0v) is 20.6. The van der Waals surface area contributed by atoms with E-state index in [1.54, 1.807) is 11.3 Å². The molecule has 154 valence electrons. The molecule has 1 saturated carbocycles. The normalized spacial score (nSPS) is 14.1. The van der Waals surface area contributed by atoms with E-state index in [1.165, 1.54) is 18.4 Å². The number of aryl methyl sites for hydroxylation is 1. The lowest BCUT2D eigenvalue weighted by atomic mass is 10.0. The maximum atomic E-state index is 5.81. The fourth-order valence-electron chi connectivity index (χ4n) is 3.65. The van der Waals surface area contributed by atoms with Crippen molar-refractivity contribution in [1.82, 2.24) is 14.5 Å². The fraction of sp³-hybridized carbons (Fsp3) is 0.500. The van der Waals surface area contributed by atoms with Gasteiger partial charge in [0.25, 0.3) is 0 Å². The van der Waals surface area contributed by atoms with E-state index in [2.05, 4.69) is 64.4 Å². The van der Waals surface area contributed by atoms with E-state index in [1.807, 2.05) is 6.92 Å². The van der Waals surface area contributed by atoms with Crippen LogP contribution in [0.3, 0.4) is 0 Å². The molecule has 4 nitrogen and oxygen atoms in total. The Morgan fingerprint density at radius 2 is 2.07 bits per heavy atom. The van der Waals surface area contributed by atoms with Crippen LogP contribution in [0, 0.1) is 16.8 Å². The van der Waals surface area contributed by atoms with Crippen LogP contribution in [-0.4, -0.2) is 27.6 Å². The van der Waals surface area contributed by atoms with Gasteiger partial charge in [-0.2, -0.15) is 0 Å². The van der Waals surface area contributed by atoms with Crippen molar-refractivity contribution in [2.45, 2.75) is 52.9 Å². The fourth-order valence-corrected chi connectivity index (χ4v) is 5.60. The molecular weight excluding hydrogens is 464 g/mol. The quantitative estimate of drug-likeness (QED) is 0.332. The van der Waals surface area contributed by atoms with Crippen molar-refractivity contribution < 1.29 is 0 Å². The van der Waals surface area contributed by atoms with Crippen molar-refractivity contribution in [1.29, 1.82) is 0 Å². The third kappa shape index (κ3) is 4.28. The van der Waals surface area contributed by atoms with Crippen molar-refractivity contribution in [2.24, 2.45) is 5.92 Å². The van der Waals surface area contributed by atoms with E-state index >= 15 is 0 Å². The minimum absolute atomic E-state index is 0.480. The lowest BCUT2D eigenvalue weighted by Crippen LogP contribution is -2.28. The summed E-state index contributed by atoms with van der Waals surface area (Å²) in [6.45, 7) is 10.7. The molecule has 0 saturated heterocycles. The van der Waals surface area contributed by atoms with Crippen LogP contribution in [0.25, 0.3) is 16.0 Å². The molecule has 0 bridgehead atoms. The van der Waals surface area contributed by atoms with Crippen molar-refractivity contribution in [3.8, 4) is 5.69 Å². The minimum Gasteiger partial charge on any atom is -0.355 e. The summed E-state index contributed by atoms with van der Waals surface area (Å²) in [7, 11) is 0. The molecular formula is C22H27BrN4S2. The second kappa shape index (κ2) is 8.44. The van der Waals surface area contributed by atoms with Crippen molar-refractivity contribution in [3.05, 3.63) is 38.0 Å². The number of anilines is 1. The molecule has 1 aliphatic rings. The summed E-state index contributed by atoms with van der Waals surface area (Å²) in [5.74, 6) is 3.13. The predicted octanol–water partition coefficient (Wildman–Crippen LogP) is 7.03. The van der Waals surface area contributed by atoms with Crippen LogP contribution in [0.5, 0.6) is 0 Å². The summed E-state index contributed by atoms with van der Waals surface area (Å²) in [5.41, 5.74) is 3.26. The van der Waals surface area contributed by atoms with Gasteiger partial charge in [0, 0.05) is 17.6 Å². The Hall–Kier alpha value is -1.31. The van der Waals surface area contributed by atoms with E-state index in [0.717, 1.165) is 61.5 Å². The third-order valence-corrected chi connectivity index (χ3v) is 7.37. The van der Waals surface area contributed by atoms with Gasteiger partial charge in [0.1, 0.15) is 10.5 Å². The number of nitrogens with zero attached hydrogens (tertiary/aromatic N) is 4. The molecule has 4 rings (SSSR count). The third-order valence-electron chi connectivity index (χ3n) is 5.37. The second-order valence-electron chi connectivity index (χ2n) is 8.21. The summed E-state index contributed by atoms with van der Waals surface area (Å²) in [4.78, 5) is 12.1. The van der Waals surface area contributed by atoms with Crippen LogP contribution in [0.2, 0.25) is 0 Å². The average Bonchev–Trinajstić information content (AvgIpc) is 3.42. The molecule has 2 heterocycles. The van der Waals surface area contributed by atoms with E-state index in [-0.39, 0.29) is 0 Å². The Morgan fingerprint density at radius 1 is 1.31 bits per heavy atom. The first kappa shape index (κ1) is 20.9. The van der Waals surface area contributed by atoms with Crippen LogP contribution in [0.15, 0.2) is 22.7 Å². The molecule has 2 aromatic heterocycles. The maximum absolute atomic E-state index is 5.81. The number of hydrogen-bond acceptors (Lipinski definition) is 5. The highest BCUT2D eigenvalue weighted by Gasteiger charge is 2.27. The number of hydrogen-bond donors (Lipinski definition) is 0. The molecule has 1 fully saturated rings. The van der Waals surface area contributed by atoms with E-state index in [0.29, 0.717) is 5.92 Å². The molecule has 0 amide bonds. The van der Waals surface area contributed by atoms with Crippen molar-refractivity contribution in [2.75, 3.05) is 18.0 Å². The lowest BCUT2D eigenvalue weighted by Gasteiger charge is -2.23. The molecule has 0 spiro atoms. The van der Waals surface area contributed by atoms with Gasteiger partial charge < -0.3 is 4.90 Å². The Balaban J connectivity index is 1.88. The van der Waals surface area contributed by atoms with E-state index in [9.17, 15) is 0 Å². The number of fused-ring (bicyclic) bond motifs is 1. The number of thiazole rings is 1. The summed E-state index contributed by atoms with van der Waals surface area (Å²) in [6, 6.07) is 6.52. The monoisotopic (exact) mass is 490 g/mol. The molecule has 0 unspecified atom stereocenters. The molecule has 0 radical (unpaired) electrons. The van der Waals surface area contributed by atoms with Gasteiger partial charge in [-0.3, -0.25) is 4.57 Å². The molecule has 0 atom stereocenters. The van der Waals surface area contributed by atoms with Gasteiger partial charge >= 0.3 is 0 Å². The minimum atomic E-state index is 0.480. The van der Waals surface area contributed by atoms with Gasteiger partial charge in [-0.25, -0.2) is 9.97 Å². The second-order valence-corrected chi connectivity index (χ2v) is 10.7. The zero-order valence-electron chi connectivity index (χ0n) is 17.4. The van der Waals surface area contributed by atoms with Gasteiger partial charge in [-0.05, 0) is 83.9 Å². The molecule has 0 N–H and O–H groups in total. The zero-order chi connectivity index (χ0) is 20.7. The number of halogens is 1. The smallest absolute Gasteiger partial charge is 0.168 e. The first-order valence-electron chi connectivity index (χ1n) is 10.3. The first-order chi connectivity index (χ1) is 13.9. The summed E-state index contributed by atoms with van der Waals surface area (Å²) < 4.78 is 5.04. The molecule has 3 aromatic rings. The SMILES string of the molecule is CCCN(CC1CC1)c1nc(C)nc2c1sc(=S)n2-c1ccc(C(C)C)cc1Br. The highest BCUT2D eigenvalue weighted by molar-refractivity contribution is 9.10. The van der Waals surface area contributed by atoms with Crippen LogP contribution >= 0.6 is 39.5 Å². The highest BCUT2D eigenvalue weighted by atomic mass is 79.9. The van der Waals surface area contributed by atoms with Crippen LogP contribution < -0.4 is 4.90 Å². The highest BCUT2D eigenvalue weighted by Crippen LogP contribution is 2.37. The van der Waals surface area contributed by atoms with Gasteiger partial charge in [0.15, 0.2) is 15.4 Å². The molecule has 7 heteroatoms. The van der Waals surface area contributed by atoms with Gasteiger partial charge in [0.2, 0.25) is 0 Å². The first-order valence-corrected chi connectivity index (χ1v) is 12.4. The van der Waals surface area contributed by atoms with Crippen molar-refractivity contribution >= 4 is 55.6 Å². The van der Waals surface area contributed by atoms with E-state index < -0.39 is 0 Å². The molecule has 0 aliphatic heterocycles. The largest absolute Gasteiger partial charge is 0.355 e. The Morgan fingerprint density at radius 3 is 2.69 bits per heavy atom. The maximum Gasteiger partial charge on any atom is 0.168 e. The van der Waals surface area contributed by atoms with E-state index in [4.69, 9.17) is 22.2 Å². The summed E-state index contributed by atoms with van der Waals surface area (Å²) in [6.07, 6.45) is 3.77. The predicted molar refractivity (Wildman–Crippen MR) is 129 cm³/mol. The number of rotatable bonds is 7. The van der Waals surface area contributed by atoms with Crippen LogP contribution in [0.1, 0.15) is 57.3 Å². The van der Waals surface area contributed by atoms with Crippen molar-refractivity contribution in [3.63, 3.8) is 0 Å². The Kier molecular flexibility index (Phi) is 6.09. The Labute approximate surface area is 190 Å². The lowest BCUT2D eigenvalue weighted by molar-refractivity contribution is 0.700. The summed E-state index contributed by atoms with van der Waals surface area (Å²) >= 11 is 11.2. The standard InChI is InChI=1S/C22H27BrN4S2/c1-5-10-26(12-15-6-7-15)20-19-21(25-14(4)24-20)27(22(28)29-19)18-9-8-16(13(2)3)11-17(18)23/h8-9,11,13,15H,5-7,10,12H2,1-4H3. The number of benzene rings is 1. The average molecular weight is 492 g/mol. The molecule has 1 aliphatic carbocycles. The summed E-state index contributed by atoms with van der Waals surface area (Å²) in [5, 5.41) is 0. The van der Waals surface area contributed by atoms with Gasteiger partial charge in [-0.15, -0.1) is 0 Å². The molecule has 1 aromatic carbocycles.